The SMILES string of the molecule is O=C(O)CCS(=O)CC(=O)NCc1ccccc1. The minimum atomic E-state index is -1.42. The van der Waals surface area contributed by atoms with E-state index in [4.69, 9.17) is 5.11 Å². The van der Waals surface area contributed by atoms with Crippen molar-refractivity contribution in [2.24, 2.45) is 0 Å². The summed E-state index contributed by atoms with van der Waals surface area (Å²) in [6.07, 6.45) is -0.182. The molecule has 0 aliphatic carbocycles. The van der Waals surface area contributed by atoms with Crippen LogP contribution in [-0.2, 0) is 26.9 Å². The zero-order valence-electron chi connectivity index (χ0n) is 9.80. The zero-order chi connectivity index (χ0) is 13.4. The van der Waals surface area contributed by atoms with Crippen molar-refractivity contribution in [3.63, 3.8) is 0 Å². The highest BCUT2D eigenvalue weighted by atomic mass is 32.2. The molecule has 1 rings (SSSR count). The Morgan fingerprint density at radius 1 is 1.22 bits per heavy atom. The molecular formula is C12H15NO4S. The summed E-state index contributed by atoms with van der Waals surface area (Å²) >= 11 is 0. The molecule has 1 atom stereocenters. The van der Waals surface area contributed by atoms with E-state index >= 15 is 0 Å². The standard InChI is InChI=1S/C12H15NO4S/c14-11(9-18(17)7-6-12(15)16)13-8-10-4-2-1-3-5-10/h1-5H,6-9H2,(H,13,14)(H,15,16). The third-order valence-corrected chi connectivity index (χ3v) is 3.41. The van der Waals surface area contributed by atoms with E-state index in [0.29, 0.717) is 6.54 Å². The molecule has 6 heteroatoms. The average Bonchev–Trinajstić information content (AvgIpc) is 2.35. The van der Waals surface area contributed by atoms with Gasteiger partial charge in [0.05, 0.1) is 6.42 Å². The Bertz CT molecular complexity index is 433. The Morgan fingerprint density at radius 3 is 2.50 bits per heavy atom. The van der Waals surface area contributed by atoms with E-state index in [1.54, 1.807) is 0 Å². The van der Waals surface area contributed by atoms with Crippen molar-refractivity contribution in [3.8, 4) is 0 Å². The van der Waals surface area contributed by atoms with Crippen LogP contribution in [-0.4, -0.2) is 32.7 Å². The lowest BCUT2D eigenvalue weighted by Gasteiger charge is -2.04. The molecule has 0 saturated heterocycles. The van der Waals surface area contributed by atoms with Crippen molar-refractivity contribution >= 4 is 22.7 Å². The van der Waals surface area contributed by atoms with Crippen molar-refractivity contribution in [1.29, 1.82) is 0 Å². The van der Waals surface area contributed by atoms with Gasteiger partial charge >= 0.3 is 5.97 Å². The maximum Gasteiger partial charge on any atom is 0.304 e. The van der Waals surface area contributed by atoms with Gasteiger partial charge < -0.3 is 10.4 Å². The zero-order valence-corrected chi connectivity index (χ0v) is 10.6. The van der Waals surface area contributed by atoms with Gasteiger partial charge in [0.2, 0.25) is 5.91 Å². The summed E-state index contributed by atoms with van der Waals surface area (Å²) in [4.78, 5) is 21.7. The predicted molar refractivity (Wildman–Crippen MR) is 68.4 cm³/mol. The molecule has 0 radical (unpaired) electrons. The maximum atomic E-state index is 11.4. The molecule has 1 aromatic carbocycles. The topological polar surface area (TPSA) is 83.5 Å². The summed E-state index contributed by atoms with van der Waals surface area (Å²) in [5, 5.41) is 11.1. The van der Waals surface area contributed by atoms with Crippen LogP contribution in [0.5, 0.6) is 0 Å². The minimum Gasteiger partial charge on any atom is -0.481 e. The van der Waals surface area contributed by atoms with Gasteiger partial charge in [-0.05, 0) is 5.56 Å². The van der Waals surface area contributed by atoms with E-state index in [1.165, 1.54) is 0 Å². The summed E-state index contributed by atoms with van der Waals surface area (Å²) in [5.74, 6) is -1.48. The lowest BCUT2D eigenvalue weighted by atomic mass is 10.2. The van der Waals surface area contributed by atoms with Gasteiger partial charge in [0.25, 0.3) is 0 Å². The molecular weight excluding hydrogens is 254 g/mol. The quantitative estimate of drug-likeness (QED) is 0.756. The lowest BCUT2D eigenvalue weighted by Crippen LogP contribution is -2.28. The van der Waals surface area contributed by atoms with Gasteiger partial charge in [-0.2, -0.15) is 0 Å². The third-order valence-electron chi connectivity index (χ3n) is 2.17. The minimum absolute atomic E-state index is 0.00803. The highest BCUT2D eigenvalue weighted by Gasteiger charge is 2.09. The normalized spacial score (nSPS) is 11.8. The molecule has 0 aromatic heterocycles. The number of carboxylic acids is 1. The van der Waals surface area contributed by atoms with E-state index in [2.05, 4.69) is 5.32 Å². The highest BCUT2D eigenvalue weighted by Crippen LogP contribution is 1.97. The first-order chi connectivity index (χ1) is 8.58. The number of hydrogen-bond donors (Lipinski definition) is 2. The molecule has 98 valence electrons. The molecule has 0 heterocycles. The molecule has 5 nitrogen and oxygen atoms in total. The highest BCUT2D eigenvalue weighted by molar-refractivity contribution is 7.85. The van der Waals surface area contributed by atoms with Gasteiger partial charge in [0.15, 0.2) is 0 Å². The van der Waals surface area contributed by atoms with Gasteiger partial charge in [-0.15, -0.1) is 0 Å². The van der Waals surface area contributed by atoms with Crippen LogP contribution in [0.2, 0.25) is 0 Å². The summed E-state index contributed by atoms with van der Waals surface area (Å²) in [5.41, 5.74) is 0.960. The number of carbonyl (C=O) groups excluding carboxylic acids is 1. The van der Waals surface area contributed by atoms with Crippen molar-refractivity contribution in [3.05, 3.63) is 35.9 Å². The Labute approximate surface area is 108 Å². The predicted octanol–water partition coefficient (Wildman–Crippen LogP) is 0.526. The van der Waals surface area contributed by atoms with Crippen LogP contribution in [0.3, 0.4) is 0 Å². The summed E-state index contributed by atoms with van der Waals surface area (Å²) in [6.45, 7) is 0.385. The summed E-state index contributed by atoms with van der Waals surface area (Å²) in [6, 6.07) is 9.37. The largest absolute Gasteiger partial charge is 0.481 e. The smallest absolute Gasteiger partial charge is 0.304 e. The second-order valence-corrected chi connectivity index (χ2v) is 5.27. The number of amides is 1. The van der Waals surface area contributed by atoms with Gasteiger partial charge in [0.1, 0.15) is 5.75 Å². The molecule has 0 spiro atoms. The number of hydrogen-bond acceptors (Lipinski definition) is 3. The molecule has 0 bridgehead atoms. The first kappa shape index (κ1) is 14.4. The molecule has 0 saturated carbocycles. The molecule has 1 aromatic rings. The molecule has 0 aliphatic heterocycles. The van der Waals surface area contributed by atoms with Crippen LogP contribution in [0.1, 0.15) is 12.0 Å². The van der Waals surface area contributed by atoms with Gasteiger partial charge in [-0.25, -0.2) is 0 Å². The van der Waals surface area contributed by atoms with Crippen molar-refractivity contribution in [2.45, 2.75) is 13.0 Å². The van der Waals surface area contributed by atoms with E-state index in [9.17, 15) is 13.8 Å². The lowest BCUT2D eigenvalue weighted by molar-refractivity contribution is -0.136. The first-order valence-corrected chi connectivity index (χ1v) is 6.94. The van der Waals surface area contributed by atoms with Crippen LogP contribution in [0.15, 0.2) is 30.3 Å². The molecule has 1 amide bonds. The molecule has 18 heavy (non-hydrogen) atoms. The van der Waals surface area contributed by atoms with E-state index in [-0.39, 0.29) is 23.8 Å². The van der Waals surface area contributed by atoms with Crippen molar-refractivity contribution in [2.75, 3.05) is 11.5 Å². The molecule has 0 fully saturated rings. The molecule has 0 aliphatic rings. The van der Waals surface area contributed by atoms with Gasteiger partial charge in [0, 0.05) is 23.1 Å². The van der Waals surface area contributed by atoms with E-state index in [1.807, 2.05) is 30.3 Å². The second-order valence-electron chi connectivity index (χ2n) is 3.69. The fourth-order valence-electron chi connectivity index (χ4n) is 1.27. The van der Waals surface area contributed by atoms with Gasteiger partial charge in [-0.3, -0.25) is 13.8 Å². The van der Waals surface area contributed by atoms with Crippen LogP contribution < -0.4 is 5.32 Å². The number of carbonyl (C=O) groups is 2. The fraction of sp³-hybridized carbons (Fsp3) is 0.333. The maximum absolute atomic E-state index is 11.4. The number of nitrogens with one attached hydrogen (secondary N) is 1. The monoisotopic (exact) mass is 269 g/mol. The van der Waals surface area contributed by atoms with Crippen molar-refractivity contribution in [1.82, 2.24) is 5.32 Å². The number of benzene rings is 1. The Balaban J connectivity index is 2.25. The Kier molecular flexibility index (Phi) is 6.07. The van der Waals surface area contributed by atoms with Crippen LogP contribution in [0, 0.1) is 0 Å². The summed E-state index contributed by atoms with van der Waals surface area (Å²) < 4.78 is 11.4. The molecule has 2 N–H and O–H groups in total. The number of carboxylic acid groups (broad SMARTS) is 1. The average molecular weight is 269 g/mol. The number of aliphatic carboxylic acids is 1. The van der Waals surface area contributed by atoms with Crippen molar-refractivity contribution < 1.29 is 18.9 Å². The van der Waals surface area contributed by atoms with Crippen LogP contribution >= 0.6 is 0 Å². The number of rotatable bonds is 7. The van der Waals surface area contributed by atoms with E-state index in [0.717, 1.165) is 5.56 Å². The Hall–Kier alpha value is -1.69. The van der Waals surface area contributed by atoms with E-state index < -0.39 is 16.8 Å². The molecule has 1 unspecified atom stereocenters. The van der Waals surface area contributed by atoms with Crippen LogP contribution in [0.25, 0.3) is 0 Å². The fourth-order valence-corrected chi connectivity index (χ4v) is 2.21. The Morgan fingerprint density at radius 2 is 1.89 bits per heavy atom. The van der Waals surface area contributed by atoms with Crippen LogP contribution in [0.4, 0.5) is 0 Å². The second kappa shape index (κ2) is 7.60. The third kappa shape index (κ3) is 6.15. The first-order valence-electron chi connectivity index (χ1n) is 5.45. The summed E-state index contributed by atoms with van der Waals surface area (Å²) in [7, 11) is -1.42. The van der Waals surface area contributed by atoms with Gasteiger partial charge in [-0.1, -0.05) is 30.3 Å².